The van der Waals surface area contributed by atoms with Crippen LogP contribution >= 0.6 is 11.6 Å². The zero-order chi connectivity index (χ0) is 23.5. The SMILES string of the molecule is CCCc1cc2c(=O)c(-c3ccc4c(c3)OCCCO4)coc2cc1OCc1cccc(Cl)c1. The van der Waals surface area contributed by atoms with Crippen LogP contribution in [0.15, 0.2) is 70.1 Å². The Kier molecular flexibility index (Phi) is 6.45. The molecule has 174 valence electrons. The van der Waals surface area contributed by atoms with Crippen LogP contribution < -0.4 is 19.6 Å². The van der Waals surface area contributed by atoms with Gasteiger partial charge in [-0.1, -0.05) is 43.1 Å². The van der Waals surface area contributed by atoms with E-state index in [1.807, 2.05) is 54.6 Å². The number of hydrogen-bond acceptors (Lipinski definition) is 5. The molecule has 1 aromatic heterocycles. The molecule has 5 nitrogen and oxygen atoms in total. The van der Waals surface area contributed by atoms with Crippen molar-refractivity contribution in [2.75, 3.05) is 13.2 Å². The molecule has 5 rings (SSSR count). The van der Waals surface area contributed by atoms with Gasteiger partial charge in [-0.15, -0.1) is 0 Å². The minimum absolute atomic E-state index is 0.0884. The summed E-state index contributed by atoms with van der Waals surface area (Å²) in [5.74, 6) is 2.05. The van der Waals surface area contributed by atoms with Crippen molar-refractivity contribution in [3.63, 3.8) is 0 Å². The van der Waals surface area contributed by atoms with E-state index >= 15 is 0 Å². The van der Waals surface area contributed by atoms with Crippen molar-refractivity contribution in [3.05, 3.63) is 87.2 Å². The summed E-state index contributed by atoms with van der Waals surface area (Å²) in [6.07, 6.45) is 4.04. The van der Waals surface area contributed by atoms with Gasteiger partial charge in [0.2, 0.25) is 5.43 Å². The molecular weight excluding hydrogens is 452 g/mol. The highest BCUT2D eigenvalue weighted by Gasteiger charge is 2.17. The van der Waals surface area contributed by atoms with Crippen LogP contribution in [-0.2, 0) is 13.0 Å². The van der Waals surface area contributed by atoms with E-state index in [2.05, 4.69) is 6.92 Å². The zero-order valence-corrected chi connectivity index (χ0v) is 19.7. The largest absolute Gasteiger partial charge is 0.490 e. The van der Waals surface area contributed by atoms with Gasteiger partial charge in [0.25, 0.3) is 0 Å². The number of halogens is 1. The van der Waals surface area contributed by atoms with Crippen molar-refractivity contribution in [1.82, 2.24) is 0 Å². The van der Waals surface area contributed by atoms with Crippen LogP contribution in [0.5, 0.6) is 17.2 Å². The Morgan fingerprint density at radius 1 is 1.00 bits per heavy atom. The average Bonchev–Trinajstić information content (AvgIpc) is 3.08. The summed E-state index contributed by atoms with van der Waals surface area (Å²) in [6.45, 7) is 3.68. The molecule has 0 unspecified atom stereocenters. The molecule has 4 aromatic rings. The molecule has 2 heterocycles. The first-order chi connectivity index (χ1) is 16.6. The third kappa shape index (κ3) is 4.62. The maximum atomic E-state index is 13.5. The fourth-order valence-corrected chi connectivity index (χ4v) is 4.33. The molecule has 0 spiro atoms. The average molecular weight is 477 g/mol. The standard InChI is InChI=1S/C28H25ClO5/c1-2-5-20-13-22-26(15-25(20)33-16-18-6-3-7-21(29)12-18)34-17-23(28(22)30)19-8-9-24-27(14-19)32-11-4-10-31-24/h3,6-9,12-15,17H,2,4-5,10-11,16H2,1H3. The van der Waals surface area contributed by atoms with Crippen LogP contribution in [0.3, 0.4) is 0 Å². The number of ether oxygens (including phenoxy) is 3. The van der Waals surface area contributed by atoms with Crippen LogP contribution in [0.2, 0.25) is 5.02 Å². The Morgan fingerprint density at radius 3 is 2.68 bits per heavy atom. The first-order valence-electron chi connectivity index (χ1n) is 11.5. The Balaban J connectivity index is 1.51. The normalized spacial score (nSPS) is 13.0. The maximum Gasteiger partial charge on any atom is 0.200 e. The van der Waals surface area contributed by atoms with Crippen LogP contribution in [0.4, 0.5) is 0 Å². The highest BCUT2D eigenvalue weighted by Crippen LogP contribution is 2.34. The third-order valence-electron chi connectivity index (χ3n) is 5.82. The first kappa shape index (κ1) is 22.4. The predicted molar refractivity (Wildman–Crippen MR) is 133 cm³/mol. The van der Waals surface area contributed by atoms with Crippen molar-refractivity contribution in [3.8, 4) is 28.4 Å². The second kappa shape index (κ2) is 9.82. The lowest BCUT2D eigenvalue weighted by Crippen LogP contribution is -2.07. The summed E-state index contributed by atoms with van der Waals surface area (Å²) in [5, 5.41) is 1.20. The highest BCUT2D eigenvalue weighted by molar-refractivity contribution is 6.30. The van der Waals surface area contributed by atoms with Crippen LogP contribution in [0.25, 0.3) is 22.1 Å². The van der Waals surface area contributed by atoms with E-state index in [0.717, 1.165) is 36.0 Å². The lowest BCUT2D eigenvalue weighted by atomic mass is 10.0. The fourth-order valence-electron chi connectivity index (χ4n) is 4.12. The molecule has 0 amide bonds. The van der Waals surface area contributed by atoms with Crippen molar-refractivity contribution < 1.29 is 18.6 Å². The number of fused-ring (bicyclic) bond motifs is 2. The van der Waals surface area contributed by atoms with Gasteiger partial charge in [0, 0.05) is 17.5 Å². The molecule has 0 saturated heterocycles. The van der Waals surface area contributed by atoms with Gasteiger partial charge in [0.15, 0.2) is 11.5 Å². The van der Waals surface area contributed by atoms with Gasteiger partial charge < -0.3 is 18.6 Å². The van der Waals surface area contributed by atoms with Gasteiger partial charge in [-0.05, 0) is 53.4 Å². The topological polar surface area (TPSA) is 57.9 Å². The lowest BCUT2D eigenvalue weighted by Gasteiger charge is -2.13. The minimum Gasteiger partial charge on any atom is -0.490 e. The molecule has 0 radical (unpaired) electrons. The quantitative estimate of drug-likeness (QED) is 0.306. The Morgan fingerprint density at radius 2 is 1.85 bits per heavy atom. The zero-order valence-electron chi connectivity index (χ0n) is 18.9. The van der Waals surface area contributed by atoms with E-state index in [0.29, 0.717) is 58.6 Å². The van der Waals surface area contributed by atoms with E-state index in [9.17, 15) is 4.79 Å². The monoisotopic (exact) mass is 476 g/mol. The Labute approximate surface area is 202 Å². The molecule has 1 aliphatic rings. The molecule has 3 aromatic carbocycles. The molecule has 0 N–H and O–H groups in total. The molecule has 0 aliphatic carbocycles. The second-order valence-corrected chi connectivity index (χ2v) is 8.75. The van der Waals surface area contributed by atoms with Crippen molar-refractivity contribution in [2.24, 2.45) is 0 Å². The van der Waals surface area contributed by atoms with E-state index in [-0.39, 0.29) is 5.43 Å². The van der Waals surface area contributed by atoms with Crippen molar-refractivity contribution in [2.45, 2.75) is 32.8 Å². The maximum absolute atomic E-state index is 13.5. The summed E-state index contributed by atoms with van der Waals surface area (Å²) in [6, 6.07) is 16.8. The number of rotatable bonds is 6. The smallest absolute Gasteiger partial charge is 0.200 e. The molecule has 1 aliphatic heterocycles. The van der Waals surface area contributed by atoms with E-state index in [1.54, 1.807) is 0 Å². The molecule has 0 atom stereocenters. The predicted octanol–water partition coefficient (Wildman–Crippen LogP) is 6.81. The third-order valence-corrected chi connectivity index (χ3v) is 6.05. The summed E-state index contributed by atoms with van der Waals surface area (Å²) < 4.78 is 23.5. The van der Waals surface area contributed by atoms with Gasteiger partial charge in [-0.25, -0.2) is 0 Å². The molecule has 0 fully saturated rings. The first-order valence-corrected chi connectivity index (χ1v) is 11.9. The Hall–Kier alpha value is -3.44. The summed E-state index contributed by atoms with van der Waals surface area (Å²) in [4.78, 5) is 13.5. The van der Waals surface area contributed by atoms with Gasteiger partial charge in [0.05, 0.1) is 24.2 Å². The van der Waals surface area contributed by atoms with Gasteiger partial charge in [0.1, 0.15) is 24.2 Å². The fraction of sp³-hybridized carbons (Fsp3) is 0.250. The van der Waals surface area contributed by atoms with Crippen molar-refractivity contribution >= 4 is 22.6 Å². The number of aryl methyl sites for hydroxylation is 1. The van der Waals surface area contributed by atoms with Crippen LogP contribution in [-0.4, -0.2) is 13.2 Å². The van der Waals surface area contributed by atoms with E-state index < -0.39 is 0 Å². The molecule has 34 heavy (non-hydrogen) atoms. The summed E-state index contributed by atoms with van der Waals surface area (Å²) in [7, 11) is 0. The van der Waals surface area contributed by atoms with Crippen LogP contribution in [0, 0.1) is 0 Å². The Bertz CT molecular complexity index is 1390. The summed E-state index contributed by atoms with van der Waals surface area (Å²) >= 11 is 6.10. The molecular formula is C28H25ClO5. The van der Waals surface area contributed by atoms with Crippen LogP contribution in [0.1, 0.15) is 30.9 Å². The second-order valence-electron chi connectivity index (χ2n) is 8.32. The van der Waals surface area contributed by atoms with Gasteiger partial charge in [-0.2, -0.15) is 0 Å². The number of benzene rings is 3. The van der Waals surface area contributed by atoms with Gasteiger partial charge in [-0.3, -0.25) is 4.79 Å². The molecule has 6 heteroatoms. The lowest BCUT2D eigenvalue weighted by molar-refractivity contribution is 0.297. The van der Waals surface area contributed by atoms with E-state index in [4.69, 9.17) is 30.2 Å². The van der Waals surface area contributed by atoms with Crippen molar-refractivity contribution in [1.29, 1.82) is 0 Å². The van der Waals surface area contributed by atoms with E-state index in [1.165, 1.54) is 6.26 Å². The molecule has 0 bridgehead atoms. The highest BCUT2D eigenvalue weighted by atomic mass is 35.5. The molecule has 0 saturated carbocycles. The minimum atomic E-state index is -0.0884. The van der Waals surface area contributed by atoms with Gasteiger partial charge >= 0.3 is 0 Å². The summed E-state index contributed by atoms with van der Waals surface area (Å²) in [5.41, 5.74) is 3.57. The number of hydrogen-bond donors (Lipinski definition) is 0.